The first kappa shape index (κ1) is 18.5. The molecule has 0 radical (unpaired) electrons. The summed E-state index contributed by atoms with van der Waals surface area (Å²) in [7, 11) is 3.30. The highest BCUT2D eigenvalue weighted by molar-refractivity contribution is 5.84. The molecule has 138 valence electrons. The highest BCUT2D eigenvalue weighted by atomic mass is 19.1. The quantitative estimate of drug-likeness (QED) is 0.602. The predicted molar refractivity (Wildman–Crippen MR) is 100 cm³/mol. The van der Waals surface area contributed by atoms with Crippen molar-refractivity contribution in [3.8, 4) is 16.9 Å². The molecule has 0 aliphatic rings. The van der Waals surface area contributed by atoms with Crippen LogP contribution in [0.25, 0.3) is 11.1 Å². The maximum Gasteiger partial charge on any atom is 0.151 e. The highest BCUT2D eigenvalue weighted by Gasteiger charge is 2.17. The van der Waals surface area contributed by atoms with E-state index < -0.39 is 5.82 Å². The molecule has 6 heteroatoms. The topological polar surface area (TPSA) is 42.4 Å². The summed E-state index contributed by atoms with van der Waals surface area (Å²) in [4.78, 5) is 17.6. The van der Waals surface area contributed by atoms with E-state index >= 15 is 0 Å². The van der Waals surface area contributed by atoms with Gasteiger partial charge in [0.05, 0.1) is 7.11 Å². The lowest BCUT2D eigenvalue weighted by molar-refractivity contribution is 0.112. The van der Waals surface area contributed by atoms with Crippen LogP contribution in [-0.4, -0.2) is 25.4 Å². The number of pyridine rings is 1. The molecule has 0 N–H and O–H groups in total. The van der Waals surface area contributed by atoms with Crippen molar-refractivity contribution in [1.29, 1.82) is 0 Å². The number of anilines is 1. The van der Waals surface area contributed by atoms with Gasteiger partial charge in [-0.25, -0.2) is 8.78 Å². The number of ether oxygens (including phenoxy) is 1. The number of aromatic nitrogens is 1. The molecule has 0 spiro atoms. The van der Waals surface area contributed by atoms with E-state index in [0.29, 0.717) is 29.0 Å². The van der Waals surface area contributed by atoms with E-state index in [0.717, 1.165) is 17.5 Å². The van der Waals surface area contributed by atoms with Crippen LogP contribution in [0.3, 0.4) is 0 Å². The monoisotopic (exact) mass is 368 g/mol. The van der Waals surface area contributed by atoms with Gasteiger partial charge in [0.25, 0.3) is 0 Å². The van der Waals surface area contributed by atoms with Gasteiger partial charge in [0.2, 0.25) is 0 Å². The Kier molecular flexibility index (Phi) is 5.45. The second-order valence-electron chi connectivity index (χ2n) is 6.05. The molecule has 0 aliphatic carbocycles. The van der Waals surface area contributed by atoms with Crippen molar-refractivity contribution < 1.29 is 18.3 Å². The number of benzene rings is 2. The molecule has 3 aromatic rings. The van der Waals surface area contributed by atoms with Gasteiger partial charge in [-0.2, -0.15) is 0 Å². The summed E-state index contributed by atoms with van der Waals surface area (Å²) in [6, 6.07) is 10.3. The minimum atomic E-state index is -0.417. The summed E-state index contributed by atoms with van der Waals surface area (Å²) in [6.45, 7) is 0.373. The third kappa shape index (κ3) is 3.95. The van der Waals surface area contributed by atoms with Gasteiger partial charge in [-0.05, 0) is 42.0 Å². The number of rotatable bonds is 6. The van der Waals surface area contributed by atoms with E-state index in [-0.39, 0.29) is 5.82 Å². The standard InChI is InChI=1S/C21H18F2N2O2/c1-25(17-6-3-15(22)4-7-17)12-20-14(13-26)10-24-11-19(20)18-8-5-16(23)9-21(18)27-2/h3-11,13H,12H2,1-2H3. The number of carbonyl (C=O) groups excluding carboxylic acids is 1. The average molecular weight is 368 g/mol. The van der Waals surface area contributed by atoms with E-state index in [2.05, 4.69) is 4.98 Å². The summed E-state index contributed by atoms with van der Waals surface area (Å²) in [5, 5.41) is 0. The van der Waals surface area contributed by atoms with E-state index in [1.165, 1.54) is 37.6 Å². The average Bonchev–Trinajstić information content (AvgIpc) is 2.68. The Morgan fingerprint density at radius 1 is 1.04 bits per heavy atom. The number of carbonyl (C=O) groups is 1. The zero-order valence-corrected chi connectivity index (χ0v) is 14.9. The molecule has 0 bridgehead atoms. The Labute approximate surface area is 156 Å². The van der Waals surface area contributed by atoms with Crippen LogP contribution in [-0.2, 0) is 6.54 Å². The smallest absolute Gasteiger partial charge is 0.151 e. The minimum absolute atomic E-state index is 0.318. The zero-order valence-electron chi connectivity index (χ0n) is 14.9. The van der Waals surface area contributed by atoms with Gasteiger partial charge in [0.15, 0.2) is 6.29 Å². The molecule has 1 aromatic heterocycles. The molecule has 4 nitrogen and oxygen atoms in total. The van der Waals surface area contributed by atoms with E-state index in [9.17, 15) is 13.6 Å². The number of halogens is 2. The molecule has 0 unspecified atom stereocenters. The van der Waals surface area contributed by atoms with Crippen LogP contribution in [0.2, 0.25) is 0 Å². The van der Waals surface area contributed by atoms with Crippen molar-refractivity contribution >= 4 is 12.0 Å². The first-order chi connectivity index (χ1) is 13.0. The fraction of sp³-hybridized carbons (Fsp3) is 0.143. The van der Waals surface area contributed by atoms with Gasteiger partial charge in [-0.3, -0.25) is 9.78 Å². The number of nitrogens with zero attached hydrogens (tertiary/aromatic N) is 2. The number of aldehydes is 1. The van der Waals surface area contributed by atoms with Gasteiger partial charge in [0.1, 0.15) is 17.4 Å². The molecule has 0 fully saturated rings. The summed E-state index contributed by atoms with van der Waals surface area (Å²) < 4.78 is 32.0. The first-order valence-electron chi connectivity index (χ1n) is 8.26. The van der Waals surface area contributed by atoms with Crippen LogP contribution in [0.5, 0.6) is 5.75 Å². The summed E-state index contributed by atoms with van der Waals surface area (Å²) in [6.07, 6.45) is 3.84. The molecule has 2 aromatic carbocycles. The second kappa shape index (κ2) is 7.95. The summed E-state index contributed by atoms with van der Waals surface area (Å²) >= 11 is 0. The fourth-order valence-corrected chi connectivity index (χ4v) is 2.93. The van der Waals surface area contributed by atoms with Gasteiger partial charge in [-0.1, -0.05) is 0 Å². The van der Waals surface area contributed by atoms with Crippen LogP contribution in [0.4, 0.5) is 14.5 Å². The Morgan fingerprint density at radius 2 is 1.74 bits per heavy atom. The summed E-state index contributed by atoms with van der Waals surface area (Å²) in [5.41, 5.74) is 3.25. The van der Waals surface area contributed by atoms with Gasteiger partial charge in [0, 0.05) is 54.4 Å². The lowest BCUT2D eigenvalue weighted by atomic mass is 9.97. The van der Waals surface area contributed by atoms with Crippen LogP contribution in [0, 0.1) is 11.6 Å². The van der Waals surface area contributed by atoms with Crippen LogP contribution < -0.4 is 9.64 Å². The fourth-order valence-electron chi connectivity index (χ4n) is 2.93. The van der Waals surface area contributed by atoms with Gasteiger partial charge in [-0.15, -0.1) is 0 Å². The van der Waals surface area contributed by atoms with Crippen molar-refractivity contribution in [2.45, 2.75) is 6.54 Å². The molecular weight excluding hydrogens is 350 g/mol. The number of hydrogen-bond donors (Lipinski definition) is 0. The molecule has 27 heavy (non-hydrogen) atoms. The molecule has 0 saturated heterocycles. The summed E-state index contributed by atoms with van der Waals surface area (Å²) in [5.74, 6) is -0.382. The van der Waals surface area contributed by atoms with Crippen LogP contribution in [0.1, 0.15) is 15.9 Å². The lowest BCUT2D eigenvalue weighted by Crippen LogP contribution is -2.18. The number of hydrogen-bond acceptors (Lipinski definition) is 4. The zero-order chi connectivity index (χ0) is 19.4. The van der Waals surface area contributed by atoms with Gasteiger partial charge >= 0.3 is 0 Å². The lowest BCUT2D eigenvalue weighted by Gasteiger charge is -2.22. The molecule has 0 amide bonds. The van der Waals surface area contributed by atoms with Gasteiger partial charge < -0.3 is 9.64 Å². The van der Waals surface area contributed by atoms with Crippen molar-refractivity contribution in [1.82, 2.24) is 4.98 Å². The third-order valence-corrected chi connectivity index (χ3v) is 4.33. The maximum absolute atomic E-state index is 13.6. The Balaban J connectivity index is 2.07. The second-order valence-corrected chi connectivity index (χ2v) is 6.05. The van der Waals surface area contributed by atoms with Crippen molar-refractivity contribution in [2.75, 3.05) is 19.1 Å². The molecule has 3 rings (SSSR count). The Bertz CT molecular complexity index is 959. The van der Waals surface area contributed by atoms with E-state index in [4.69, 9.17) is 4.74 Å². The molecule has 0 aliphatic heterocycles. The minimum Gasteiger partial charge on any atom is -0.496 e. The Hall–Kier alpha value is -3.28. The SMILES string of the molecule is COc1cc(F)ccc1-c1cncc(C=O)c1CN(C)c1ccc(F)cc1. The third-order valence-electron chi connectivity index (χ3n) is 4.33. The molecular formula is C21H18F2N2O2. The Morgan fingerprint density at radius 3 is 2.41 bits per heavy atom. The maximum atomic E-state index is 13.6. The van der Waals surface area contributed by atoms with E-state index in [1.54, 1.807) is 24.4 Å². The normalized spacial score (nSPS) is 10.5. The molecule has 0 atom stereocenters. The van der Waals surface area contributed by atoms with Crippen molar-refractivity contribution in [3.63, 3.8) is 0 Å². The number of methoxy groups -OCH3 is 1. The predicted octanol–water partition coefficient (Wildman–Crippen LogP) is 4.48. The molecule has 1 heterocycles. The van der Waals surface area contributed by atoms with Crippen LogP contribution in [0.15, 0.2) is 54.9 Å². The van der Waals surface area contributed by atoms with Crippen molar-refractivity contribution in [2.24, 2.45) is 0 Å². The largest absolute Gasteiger partial charge is 0.496 e. The van der Waals surface area contributed by atoms with Crippen LogP contribution >= 0.6 is 0 Å². The molecule has 0 saturated carbocycles. The van der Waals surface area contributed by atoms with Crippen molar-refractivity contribution in [3.05, 3.63) is 77.6 Å². The van der Waals surface area contributed by atoms with E-state index in [1.807, 2.05) is 11.9 Å². The highest BCUT2D eigenvalue weighted by Crippen LogP contribution is 2.34. The first-order valence-corrected chi connectivity index (χ1v) is 8.26.